The van der Waals surface area contributed by atoms with E-state index in [1.54, 1.807) is 19.2 Å². The smallest absolute Gasteiger partial charge is 0.405 e. The zero-order valence-corrected chi connectivity index (χ0v) is 17.9. The van der Waals surface area contributed by atoms with Crippen molar-refractivity contribution in [2.24, 2.45) is 16.3 Å². The molecule has 3 unspecified atom stereocenters. The lowest BCUT2D eigenvalue weighted by Gasteiger charge is -2.63. The molecule has 1 heterocycles. The number of guanidine groups is 1. The van der Waals surface area contributed by atoms with Gasteiger partial charge in [-0.1, -0.05) is 24.6 Å². The van der Waals surface area contributed by atoms with Crippen LogP contribution in [0.15, 0.2) is 29.3 Å². The fraction of sp³-hybridized carbons (Fsp3) is 0.632. The highest BCUT2D eigenvalue weighted by Gasteiger charge is 2.66. The number of fused-ring (bicyclic) bond motifs is 2. The third-order valence-electron chi connectivity index (χ3n) is 6.20. The summed E-state index contributed by atoms with van der Waals surface area (Å²) in [4.78, 5) is 4.26. The van der Waals surface area contributed by atoms with Gasteiger partial charge in [-0.25, -0.2) is 0 Å². The van der Waals surface area contributed by atoms with Crippen LogP contribution in [0.1, 0.15) is 31.2 Å². The summed E-state index contributed by atoms with van der Waals surface area (Å²) in [6.07, 6.45) is 0.219. The number of hydrogen-bond donors (Lipinski definition) is 2. The zero-order chi connectivity index (χ0) is 19.1. The largest absolute Gasteiger partial charge is 0.573 e. The van der Waals surface area contributed by atoms with Crippen molar-refractivity contribution < 1.29 is 22.6 Å². The van der Waals surface area contributed by atoms with Gasteiger partial charge in [0.25, 0.3) is 0 Å². The average Bonchev–Trinajstić information content (AvgIpc) is 2.98. The van der Waals surface area contributed by atoms with Crippen molar-refractivity contribution in [3.8, 4) is 5.75 Å². The van der Waals surface area contributed by atoms with Crippen molar-refractivity contribution in [2.75, 3.05) is 13.7 Å². The first kappa shape index (κ1) is 21.5. The van der Waals surface area contributed by atoms with E-state index < -0.39 is 6.36 Å². The van der Waals surface area contributed by atoms with E-state index >= 15 is 0 Å². The molecule has 0 radical (unpaired) electrons. The molecule has 2 N–H and O–H groups in total. The van der Waals surface area contributed by atoms with Crippen LogP contribution in [0.3, 0.4) is 0 Å². The molecule has 9 heteroatoms. The van der Waals surface area contributed by atoms with Gasteiger partial charge in [-0.3, -0.25) is 4.99 Å². The van der Waals surface area contributed by atoms with Gasteiger partial charge in [-0.15, -0.1) is 37.1 Å². The number of ether oxygens (including phenoxy) is 2. The van der Waals surface area contributed by atoms with Crippen molar-refractivity contribution in [1.29, 1.82) is 0 Å². The van der Waals surface area contributed by atoms with Crippen molar-refractivity contribution in [3.05, 3.63) is 29.8 Å². The SMILES string of the molecule is CN=C(NCc1ccccc1OC(F)(F)F)NC1C2CCOC2C12CCC2.I. The molecule has 2 saturated carbocycles. The average molecular weight is 511 g/mol. The number of nitrogens with zero attached hydrogens (tertiary/aromatic N) is 1. The van der Waals surface area contributed by atoms with Crippen molar-refractivity contribution >= 4 is 29.9 Å². The topological polar surface area (TPSA) is 54.9 Å². The van der Waals surface area contributed by atoms with Crippen molar-refractivity contribution in [2.45, 2.75) is 50.7 Å². The minimum Gasteiger partial charge on any atom is -0.405 e. The maximum Gasteiger partial charge on any atom is 0.573 e. The number of halogens is 4. The van der Waals surface area contributed by atoms with Gasteiger partial charge in [0.1, 0.15) is 5.75 Å². The van der Waals surface area contributed by atoms with Gasteiger partial charge >= 0.3 is 6.36 Å². The second kappa shape index (κ2) is 8.25. The van der Waals surface area contributed by atoms with Crippen LogP contribution in [0.25, 0.3) is 0 Å². The first-order valence-electron chi connectivity index (χ1n) is 9.35. The first-order valence-corrected chi connectivity index (χ1v) is 9.35. The van der Waals surface area contributed by atoms with Crippen LogP contribution < -0.4 is 15.4 Å². The van der Waals surface area contributed by atoms with Gasteiger partial charge in [-0.2, -0.15) is 0 Å². The van der Waals surface area contributed by atoms with E-state index in [4.69, 9.17) is 4.74 Å². The summed E-state index contributed by atoms with van der Waals surface area (Å²) < 4.78 is 47.8. The van der Waals surface area contributed by atoms with Gasteiger partial charge in [0.15, 0.2) is 5.96 Å². The Balaban J connectivity index is 0.00000225. The standard InChI is InChI=1S/C19H24F3N3O2.HI/c1-23-17(24-11-12-5-2-3-6-14(12)27-19(20,21)22)25-15-13-7-10-26-16(13)18(15)8-4-9-18;/h2-3,5-6,13,15-16H,4,7-11H2,1H3,(H2,23,24,25);1H. The highest BCUT2D eigenvalue weighted by Crippen LogP contribution is 2.62. The summed E-state index contributed by atoms with van der Waals surface area (Å²) in [6.45, 7) is 1.000. The van der Waals surface area contributed by atoms with E-state index in [2.05, 4.69) is 20.4 Å². The molecule has 156 valence electrons. The summed E-state index contributed by atoms with van der Waals surface area (Å²) in [5.41, 5.74) is 0.627. The van der Waals surface area contributed by atoms with E-state index in [9.17, 15) is 13.2 Å². The Kier molecular flexibility index (Phi) is 6.33. The number of alkyl halides is 3. The normalized spacial score (nSPS) is 27.9. The Hall–Kier alpha value is -1.23. The predicted octanol–water partition coefficient (Wildman–Crippen LogP) is 3.83. The van der Waals surface area contributed by atoms with Gasteiger partial charge in [0, 0.05) is 43.1 Å². The summed E-state index contributed by atoms with van der Waals surface area (Å²) in [5.74, 6) is 0.888. The van der Waals surface area contributed by atoms with Crippen molar-refractivity contribution in [3.63, 3.8) is 0 Å². The van der Waals surface area contributed by atoms with Gasteiger partial charge in [0.2, 0.25) is 0 Å². The minimum atomic E-state index is -4.71. The van der Waals surface area contributed by atoms with Crippen molar-refractivity contribution in [1.82, 2.24) is 10.6 Å². The quantitative estimate of drug-likeness (QED) is 0.367. The Morgan fingerprint density at radius 2 is 2.07 bits per heavy atom. The Morgan fingerprint density at radius 3 is 2.71 bits per heavy atom. The Bertz CT molecular complexity index is 725. The maximum absolute atomic E-state index is 12.6. The summed E-state index contributed by atoms with van der Waals surface area (Å²) in [7, 11) is 1.67. The van der Waals surface area contributed by atoms with E-state index in [1.807, 2.05) is 0 Å². The highest BCUT2D eigenvalue weighted by atomic mass is 127. The summed E-state index contributed by atoms with van der Waals surface area (Å²) in [6, 6.07) is 6.44. The van der Waals surface area contributed by atoms with Crippen LogP contribution in [0, 0.1) is 11.3 Å². The Morgan fingerprint density at radius 1 is 1.32 bits per heavy atom. The molecule has 5 nitrogen and oxygen atoms in total. The molecule has 1 aromatic carbocycles. The van der Waals surface area contributed by atoms with Gasteiger partial charge in [-0.05, 0) is 25.3 Å². The molecule has 0 aromatic heterocycles. The predicted molar refractivity (Wildman–Crippen MR) is 110 cm³/mol. The molecule has 1 aliphatic heterocycles. The van der Waals surface area contributed by atoms with Crippen LogP contribution in [0.4, 0.5) is 13.2 Å². The molecule has 1 aromatic rings. The van der Waals surface area contributed by atoms with Crippen LogP contribution >= 0.6 is 24.0 Å². The molecule has 1 saturated heterocycles. The minimum absolute atomic E-state index is 0. The molecule has 3 fully saturated rings. The van der Waals surface area contributed by atoms with E-state index in [0.29, 0.717) is 29.6 Å². The summed E-state index contributed by atoms with van der Waals surface area (Å²) in [5, 5.41) is 6.63. The third kappa shape index (κ3) is 3.92. The first-order chi connectivity index (χ1) is 12.9. The van der Waals surface area contributed by atoms with Crippen LogP contribution in [-0.4, -0.2) is 38.1 Å². The highest BCUT2D eigenvalue weighted by molar-refractivity contribution is 14.0. The zero-order valence-electron chi connectivity index (χ0n) is 15.6. The summed E-state index contributed by atoms with van der Waals surface area (Å²) >= 11 is 0. The molecule has 4 rings (SSSR count). The molecule has 0 bridgehead atoms. The molecule has 3 aliphatic rings. The molecular weight excluding hydrogens is 486 g/mol. The second-order valence-electron chi connectivity index (χ2n) is 7.53. The van der Waals surface area contributed by atoms with Crippen LogP contribution in [0.5, 0.6) is 5.75 Å². The lowest BCUT2D eigenvalue weighted by molar-refractivity contribution is -0.274. The molecule has 1 spiro atoms. The third-order valence-corrected chi connectivity index (χ3v) is 6.20. The van der Waals surface area contributed by atoms with Crippen LogP contribution in [0.2, 0.25) is 0 Å². The molecule has 0 amide bonds. The van der Waals surface area contributed by atoms with E-state index in [-0.39, 0.29) is 41.7 Å². The Labute approximate surface area is 179 Å². The maximum atomic E-state index is 12.6. The molecule has 2 aliphatic carbocycles. The number of nitrogens with one attached hydrogen (secondary N) is 2. The number of hydrogen-bond acceptors (Lipinski definition) is 3. The van der Waals surface area contributed by atoms with E-state index in [1.165, 1.54) is 18.6 Å². The molecule has 3 atom stereocenters. The number of rotatable bonds is 4. The number of aliphatic imine (C=N–C) groups is 1. The molecular formula is C19H25F3IN3O2. The monoisotopic (exact) mass is 511 g/mol. The number of para-hydroxylation sites is 1. The lowest BCUT2D eigenvalue weighted by atomic mass is 9.46. The molecule has 28 heavy (non-hydrogen) atoms. The van der Waals surface area contributed by atoms with Gasteiger partial charge < -0.3 is 20.1 Å². The lowest BCUT2D eigenvalue weighted by Crippen LogP contribution is -2.72. The fourth-order valence-corrected chi connectivity index (χ4v) is 4.85. The second-order valence-corrected chi connectivity index (χ2v) is 7.53. The van der Waals surface area contributed by atoms with Gasteiger partial charge in [0.05, 0.1) is 6.10 Å². The number of benzene rings is 1. The van der Waals surface area contributed by atoms with E-state index in [0.717, 1.165) is 25.9 Å². The van der Waals surface area contributed by atoms with Crippen LogP contribution in [-0.2, 0) is 11.3 Å². The fourth-order valence-electron chi connectivity index (χ4n) is 4.85.